The molecule has 0 fully saturated rings. The maximum Gasteiger partial charge on any atom is 0.261 e. The molecule has 0 N–H and O–H groups in total. The lowest BCUT2D eigenvalue weighted by Gasteiger charge is -2.07. The quantitative estimate of drug-likeness (QED) is 0.417. The predicted molar refractivity (Wildman–Crippen MR) is 119 cm³/mol. The fraction of sp³-hybridized carbons (Fsp3) is 0.174. The molecule has 0 aliphatic heterocycles. The second kappa shape index (κ2) is 7.85. The lowest BCUT2D eigenvalue weighted by molar-refractivity contribution is 0.181. The summed E-state index contributed by atoms with van der Waals surface area (Å²) in [6, 6.07) is 16.1. The average Bonchev–Trinajstić information content (AvgIpc) is 3.42. The van der Waals surface area contributed by atoms with E-state index in [1.807, 2.05) is 48.7 Å². The summed E-state index contributed by atoms with van der Waals surface area (Å²) in [6.45, 7) is 1.00. The van der Waals surface area contributed by atoms with E-state index in [1.54, 1.807) is 33.7 Å². The van der Waals surface area contributed by atoms with Crippen LogP contribution in [0.2, 0.25) is 0 Å². The van der Waals surface area contributed by atoms with Gasteiger partial charge in [0.05, 0.1) is 28.8 Å². The van der Waals surface area contributed by atoms with E-state index >= 15 is 0 Å². The molecule has 4 aromatic heterocycles. The number of thiophene rings is 1. The van der Waals surface area contributed by atoms with Gasteiger partial charge in [-0.3, -0.25) is 4.79 Å². The van der Waals surface area contributed by atoms with Crippen LogP contribution in [0.4, 0.5) is 0 Å². The average molecular weight is 417 g/mol. The summed E-state index contributed by atoms with van der Waals surface area (Å²) in [5.41, 5.74) is 4.17. The zero-order chi connectivity index (χ0) is 20.5. The van der Waals surface area contributed by atoms with Gasteiger partial charge in [0.15, 0.2) is 5.65 Å². The molecule has 0 spiro atoms. The van der Waals surface area contributed by atoms with Crippen molar-refractivity contribution < 1.29 is 4.74 Å². The summed E-state index contributed by atoms with van der Waals surface area (Å²) in [5.74, 6) is 0. The molecular weight excluding hydrogens is 396 g/mol. The zero-order valence-corrected chi connectivity index (χ0v) is 17.3. The van der Waals surface area contributed by atoms with Crippen LogP contribution in [0.3, 0.4) is 0 Å². The molecule has 0 radical (unpaired) electrons. The fourth-order valence-corrected chi connectivity index (χ4v) is 4.45. The van der Waals surface area contributed by atoms with Crippen molar-refractivity contribution in [3.8, 4) is 11.1 Å². The van der Waals surface area contributed by atoms with Crippen LogP contribution in [0.1, 0.15) is 10.6 Å². The largest absolute Gasteiger partial charge is 0.378 e. The van der Waals surface area contributed by atoms with Crippen molar-refractivity contribution >= 4 is 27.9 Å². The van der Waals surface area contributed by atoms with Gasteiger partial charge in [0.2, 0.25) is 0 Å². The molecule has 5 rings (SSSR count). The minimum atomic E-state index is -0.0523. The van der Waals surface area contributed by atoms with Crippen LogP contribution in [0, 0.1) is 0 Å². The van der Waals surface area contributed by atoms with Gasteiger partial charge in [-0.2, -0.15) is 5.10 Å². The van der Waals surface area contributed by atoms with Gasteiger partial charge in [0.25, 0.3) is 5.56 Å². The topological polar surface area (TPSA) is 61.4 Å². The molecule has 0 atom stereocenters. The van der Waals surface area contributed by atoms with Gasteiger partial charge < -0.3 is 9.30 Å². The van der Waals surface area contributed by atoms with E-state index in [-0.39, 0.29) is 5.56 Å². The highest BCUT2D eigenvalue weighted by molar-refractivity contribution is 7.09. The predicted octanol–water partition coefficient (Wildman–Crippen LogP) is 4.16. The number of ether oxygens (including phenoxy) is 1. The molecule has 1 aromatic carbocycles. The molecule has 150 valence electrons. The standard InChI is InChI=1S/C23H20N4O2S/c1-29-15-19-21(16-6-3-2-4-7-16)22-24-14-18-20(27(22)25-19)10-12-26(23(18)28)11-9-17-8-5-13-30-17/h2-8,10,12-14H,9,11,15H2,1H3. The molecule has 6 nitrogen and oxygen atoms in total. The van der Waals surface area contributed by atoms with Gasteiger partial charge >= 0.3 is 0 Å². The SMILES string of the molecule is COCc1nn2c(ncc3c(=O)n(CCc4cccs4)ccc32)c1-c1ccccc1. The molecule has 5 aromatic rings. The summed E-state index contributed by atoms with van der Waals surface area (Å²) in [6.07, 6.45) is 4.34. The summed E-state index contributed by atoms with van der Waals surface area (Å²) in [5, 5.41) is 7.36. The molecule has 4 heterocycles. The van der Waals surface area contributed by atoms with Crippen LogP contribution in [-0.4, -0.2) is 26.3 Å². The third-order valence-corrected chi connectivity index (χ3v) is 6.12. The number of hydrogen-bond donors (Lipinski definition) is 0. The number of fused-ring (bicyclic) bond motifs is 3. The van der Waals surface area contributed by atoms with E-state index in [1.165, 1.54) is 4.88 Å². The van der Waals surface area contributed by atoms with Crippen LogP contribution >= 0.6 is 11.3 Å². The van der Waals surface area contributed by atoms with Gasteiger partial charge in [0.1, 0.15) is 0 Å². The highest BCUT2D eigenvalue weighted by Crippen LogP contribution is 2.29. The molecule has 0 saturated heterocycles. The maximum absolute atomic E-state index is 13.1. The Kier molecular flexibility index (Phi) is 4.90. The van der Waals surface area contributed by atoms with Crippen molar-refractivity contribution in [1.82, 2.24) is 19.2 Å². The second-order valence-corrected chi connectivity index (χ2v) is 8.09. The number of aromatic nitrogens is 4. The monoisotopic (exact) mass is 416 g/mol. The first-order valence-corrected chi connectivity index (χ1v) is 10.6. The third kappa shape index (κ3) is 3.22. The molecule has 0 aliphatic rings. The minimum Gasteiger partial charge on any atom is -0.378 e. The second-order valence-electron chi connectivity index (χ2n) is 7.06. The van der Waals surface area contributed by atoms with Crippen molar-refractivity contribution in [2.24, 2.45) is 0 Å². The van der Waals surface area contributed by atoms with Crippen LogP contribution in [0.25, 0.3) is 27.7 Å². The van der Waals surface area contributed by atoms with Crippen molar-refractivity contribution in [2.45, 2.75) is 19.6 Å². The Labute approximate surface area is 177 Å². The highest BCUT2D eigenvalue weighted by atomic mass is 32.1. The van der Waals surface area contributed by atoms with Crippen LogP contribution in [-0.2, 0) is 24.3 Å². The summed E-state index contributed by atoms with van der Waals surface area (Å²) < 4.78 is 8.88. The van der Waals surface area contributed by atoms with Gasteiger partial charge in [-0.1, -0.05) is 36.4 Å². The Morgan fingerprint density at radius 2 is 1.97 bits per heavy atom. The first kappa shape index (κ1) is 18.7. The molecule has 0 unspecified atom stereocenters. The van der Waals surface area contributed by atoms with Gasteiger partial charge in [-0.25, -0.2) is 9.50 Å². The summed E-state index contributed by atoms with van der Waals surface area (Å²) >= 11 is 1.71. The smallest absolute Gasteiger partial charge is 0.261 e. The lowest BCUT2D eigenvalue weighted by Crippen LogP contribution is -2.21. The Balaban J connectivity index is 1.65. The molecule has 0 amide bonds. The Bertz CT molecular complexity index is 1370. The Hall–Kier alpha value is -3.29. The number of benzene rings is 1. The molecule has 0 bridgehead atoms. The number of nitrogens with zero attached hydrogens (tertiary/aromatic N) is 4. The first-order chi connectivity index (χ1) is 14.8. The van der Waals surface area contributed by atoms with Gasteiger partial charge in [0, 0.05) is 30.9 Å². The van der Waals surface area contributed by atoms with Crippen molar-refractivity contribution in [1.29, 1.82) is 0 Å². The fourth-order valence-electron chi connectivity index (χ4n) is 3.75. The highest BCUT2D eigenvalue weighted by Gasteiger charge is 2.18. The Morgan fingerprint density at radius 3 is 2.73 bits per heavy atom. The van der Waals surface area contributed by atoms with Crippen LogP contribution in [0.5, 0.6) is 0 Å². The van der Waals surface area contributed by atoms with E-state index < -0.39 is 0 Å². The van der Waals surface area contributed by atoms with Gasteiger partial charge in [-0.05, 0) is 29.5 Å². The molecule has 0 saturated carbocycles. The summed E-state index contributed by atoms with van der Waals surface area (Å²) in [4.78, 5) is 19.0. The number of methoxy groups -OCH3 is 1. The molecule has 30 heavy (non-hydrogen) atoms. The van der Waals surface area contributed by atoms with Crippen LogP contribution in [0.15, 0.2) is 71.1 Å². The van der Waals surface area contributed by atoms with E-state index in [2.05, 4.69) is 16.4 Å². The summed E-state index contributed by atoms with van der Waals surface area (Å²) in [7, 11) is 1.65. The van der Waals surface area contributed by atoms with E-state index in [9.17, 15) is 4.79 Å². The van der Waals surface area contributed by atoms with Crippen molar-refractivity contribution in [3.05, 3.63) is 87.2 Å². The molecule has 7 heteroatoms. The molecule has 0 aliphatic carbocycles. The molecular formula is C23H20N4O2S. The van der Waals surface area contributed by atoms with Crippen molar-refractivity contribution in [2.75, 3.05) is 7.11 Å². The minimum absolute atomic E-state index is 0.0523. The maximum atomic E-state index is 13.1. The lowest BCUT2D eigenvalue weighted by atomic mass is 10.1. The number of hydrogen-bond acceptors (Lipinski definition) is 5. The van der Waals surface area contributed by atoms with E-state index in [0.717, 1.165) is 34.4 Å². The van der Waals surface area contributed by atoms with Crippen LogP contribution < -0.4 is 5.56 Å². The van der Waals surface area contributed by atoms with E-state index in [0.29, 0.717) is 18.5 Å². The zero-order valence-electron chi connectivity index (χ0n) is 16.5. The first-order valence-electron chi connectivity index (χ1n) is 9.73. The number of aryl methyl sites for hydroxylation is 2. The van der Waals surface area contributed by atoms with E-state index in [4.69, 9.17) is 9.84 Å². The Morgan fingerprint density at radius 1 is 1.10 bits per heavy atom. The number of rotatable bonds is 6. The van der Waals surface area contributed by atoms with Gasteiger partial charge in [-0.15, -0.1) is 11.3 Å². The number of pyridine rings is 1. The third-order valence-electron chi connectivity index (χ3n) is 5.18. The normalized spacial score (nSPS) is 11.5. The van der Waals surface area contributed by atoms with Crippen molar-refractivity contribution in [3.63, 3.8) is 0 Å².